The number of pyridine rings is 1. The van der Waals surface area contributed by atoms with E-state index in [1.54, 1.807) is 30.7 Å². The van der Waals surface area contributed by atoms with Crippen molar-refractivity contribution in [2.75, 3.05) is 0 Å². The number of H-pyrrole nitrogens is 1. The first-order chi connectivity index (χ1) is 14.2. The molecule has 2 fully saturated rings. The van der Waals surface area contributed by atoms with Gasteiger partial charge in [-0.05, 0) is 54.3 Å². The Hall–Kier alpha value is -3.15. The predicted molar refractivity (Wildman–Crippen MR) is 107 cm³/mol. The van der Waals surface area contributed by atoms with Crippen molar-refractivity contribution < 1.29 is 13.9 Å². The number of aromatic amines is 1. The molecule has 0 spiro atoms. The molecule has 2 aliphatic rings. The van der Waals surface area contributed by atoms with Gasteiger partial charge in [-0.1, -0.05) is 12.1 Å². The molecule has 2 bridgehead atoms. The molecule has 2 atom stereocenters. The van der Waals surface area contributed by atoms with Crippen molar-refractivity contribution >= 4 is 5.91 Å². The second kappa shape index (κ2) is 7.35. The maximum atomic E-state index is 13.2. The Kier molecular flexibility index (Phi) is 4.54. The summed E-state index contributed by atoms with van der Waals surface area (Å²) in [5.74, 6) is 0.546. The molecule has 29 heavy (non-hydrogen) atoms. The minimum absolute atomic E-state index is 0.0330. The predicted octanol–water partition coefficient (Wildman–Crippen LogP) is 4.43. The highest BCUT2D eigenvalue weighted by molar-refractivity contribution is 5.94. The molecule has 4 heterocycles. The second-order valence-electron chi connectivity index (χ2n) is 7.81. The first-order valence-electron chi connectivity index (χ1n) is 10.0. The molecule has 0 radical (unpaired) electrons. The molecule has 2 aromatic heterocycles. The van der Waals surface area contributed by atoms with Crippen LogP contribution < -0.4 is 4.74 Å². The quantitative estimate of drug-likeness (QED) is 0.716. The van der Waals surface area contributed by atoms with Crippen LogP contribution in [0.2, 0.25) is 0 Å². The number of halogens is 1. The molecule has 148 valence electrons. The molecule has 0 aliphatic carbocycles. The Bertz CT molecular complexity index is 988. The van der Waals surface area contributed by atoms with Crippen molar-refractivity contribution in [3.05, 3.63) is 72.6 Å². The minimum Gasteiger partial charge on any atom is -0.489 e. The number of carbonyl (C=O) groups is 1. The van der Waals surface area contributed by atoms with Crippen LogP contribution in [-0.4, -0.2) is 39.0 Å². The van der Waals surface area contributed by atoms with Crippen LogP contribution in [0.15, 0.2) is 61.1 Å². The number of nitrogens with one attached hydrogen (secondary N) is 1. The maximum absolute atomic E-state index is 13.2. The molecule has 1 aromatic carbocycles. The van der Waals surface area contributed by atoms with E-state index in [1.807, 2.05) is 23.1 Å². The highest BCUT2D eigenvalue weighted by Gasteiger charge is 2.44. The van der Waals surface area contributed by atoms with Gasteiger partial charge in [0, 0.05) is 37.3 Å². The SMILES string of the molecule is O=C(c1cc(-c2ccc(F)cc2)c[nH]1)N1C2CCC1CC(Oc1cccnc1)C2. The van der Waals surface area contributed by atoms with Crippen molar-refractivity contribution in [2.45, 2.75) is 43.9 Å². The van der Waals surface area contributed by atoms with Crippen LogP contribution in [-0.2, 0) is 0 Å². The molecule has 2 saturated heterocycles. The number of hydrogen-bond donors (Lipinski definition) is 1. The first kappa shape index (κ1) is 17.9. The molecule has 5 nitrogen and oxygen atoms in total. The number of carbonyl (C=O) groups excluding carboxylic acids is 1. The number of nitrogens with zero attached hydrogens (tertiary/aromatic N) is 2. The summed E-state index contributed by atoms with van der Waals surface area (Å²) in [6.45, 7) is 0. The van der Waals surface area contributed by atoms with Crippen molar-refractivity contribution in [3.8, 4) is 16.9 Å². The molecule has 1 N–H and O–H groups in total. The summed E-state index contributed by atoms with van der Waals surface area (Å²) >= 11 is 0. The Morgan fingerprint density at radius 2 is 1.86 bits per heavy atom. The van der Waals surface area contributed by atoms with Gasteiger partial charge in [0.05, 0.1) is 6.20 Å². The number of amides is 1. The van der Waals surface area contributed by atoms with Gasteiger partial charge in [-0.25, -0.2) is 4.39 Å². The number of aromatic nitrogens is 2. The smallest absolute Gasteiger partial charge is 0.270 e. The van der Waals surface area contributed by atoms with Crippen molar-refractivity contribution in [3.63, 3.8) is 0 Å². The summed E-state index contributed by atoms with van der Waals surface area (Å²) in [6.07, 6.45) is 9.07. The molecule has 6 heteroatoms. The van der Waals surface area contributed by atoms with E-state index in [-0.39, 0.29) is 29.9 Å². The average Bonchev–Trinajstić information content (AvgIpc) is 3.32. The number of benzene rings is 1. The number of rotatable bonds is 4. The van der Waals surface area contributed by atoms with Gasteiger partial charge in [0.1, 0.15) is 23.4 Å². The first-order valence-corrected chi connectivity index (χ1v) is 10.0. The van der Waals surface area contributed by atoms with Crippen LogP contribution in [0.25, 0.3) is 11.1 Å². The third kappa shape index (κ3) is 3.50. The summed E-state index contributed by atoms with van der Waals surface area (Å²) in [5.41, 5.74) is 2.34. The van der Waals surface area contributed by atoms with Gasteiger partial charge in [-0.15, -0.1) is 0 Å². The summed E-state index contributed by atoms with van der Waals surface area (Å²) in [7, 11) is 0. The van der Waals surface area contributed by atoms with Crippen LogP contribution in [0.1, 0.15) is 36.2 Å². The molecular formula is C23H22FN3O2. The van der Waals surface area contributed by atoms with Crippen molar-refractivity contribution in [1.82, 2.24) is 14.9 Å². The minimum atomic E-state index is -0.270. The lowest BCUT2D eigenvalue weighted by Crippen LogP contribution is -2.49. The zero-order valence-corrected chi connectivity index (χ0v) is 15.9. The van der Waals surface area contributed by atoms with Crippen molar-refractivity contribution in [1.29, 1.82) is 0 Å². The van der Waals surface area contributed by atoms with Crippen molar-refractivity contribution in [2.24, 2.45) is 0 Å². The summed E-state index contributed by atoms with van der Waals surface area (Å²) in [4.78, 5) is 22.5. The average molecular weight is 391 g/mol. The fourth-order valence-electron chi connectivity index (χ4n) is 4.63. The monoisotopic (exact) mass is 391 g/mol. The van der Waals surface area contributed by atoms with E-state index in [0.717, 1.165) is 42.6 Å². The van der Waals surface area contributed by atoms with E-state index in [1.165, 1.54) is 12.1 Å². The Labute approximate surface area is 168 Å². The van der Waals surface area contributed by atoms with E-state index in [2.05, 4.69) is 9.97 Å². The standard InChI is InChI=1S/C23H22FN3O2/c24-17-5-3-15(4-6-17)16-10-22(26-13-16)23(28)27-18-7-8-19(27)12-21(11-18)29-20-2-1-9-25-14-20/h1-6,9-10,13-14,18-19,21,26H,7-8,11-12H2. The number of ether oxygens (including phenoxy) is 1. The Morgan fingerprint density at radius 1 is 1.10 bits per heavy atom. The van der Waals surface area contributed by atoms with Gasteiger partial charge in [0.25, 0.3) is 5.91 Å². The van der Waals surface area contributed by atoms with E-state index < -0.39 is 0 Å². The van der Waals surface area contributed by atoms with Gasteiger partial charge >= 0.3 is 0 Å². The molecule has 2 aliphatic heterocycles. The molecule has 2 unspecified atom stereocenters. The topological polar surface area (TPSA) is 58.2 Å². The van der Waals surface area contributed by atoms with E-state index in [4.69, 9.17) is 4.74 Å². The third-order valence-electron chi connectivity index (χ3n) is 5.95. The van der Waals surface area contributed by atoms with Gasteiger partial charge < -0.3 is 14.6 Å². The van der Waals surface area contributed by atoms with Gasteiger partial charge in [-0.3, -0.25) is 9.78 Å². The van der Waals surface area contributed by atoms with Gasteiger partial charge in [0.15, 0.2) is 0 Å². The van der Waals surface area contributed by atoms with Crippen LogP contribution in [0.4, 0.5) is 4.39 Å². The zero-order chi connectivity index (χ0) is 19.8. The summed E-state index contributed by atoms with van der Waals surface area (Å²) in [6, 6.07) is 12.3. The van der Waals surface area contributed by atoms with E-state index in [0.29, 0.717) is 5.69 Å². The summed E-state index contributed by atoms with van der Waals surface area (Å²) < 4.78 is 19.3. The fraction of sp³-hybridized carbons (Fsp3) is 0.304. The third-order valence-corrected chi connectivity index (χ3v) is 5.95. The summed E-state index contributed by atoms with van der Waals surface area (Å²) in [5, 5.41) is 0. The normalized spacial score (nSPS) is 23.2. The maximum Gasteiger partial charge on any atom is 0.270 e. The largest absolute Gasteiger partial charge is 0.489 e. The lowest BCUT2D eigenvalue weighted by atomic mass is 9.99. The van der Waals surface area contributed by atoms with Crippen LogP contribution in [0, 0.1) is 5.82 Å². The lowest BCUT2D eigenvalue weighted by Gasteiger charge is -2.38. The van der Waals surface area contributed by atoms with E-state index in [9.17, 15) is 9.18 Å². The molecule has 0 saturated carbocycles. The van der Waals surface area contributed by atoms with Crippen LogP contribution >= 0.6 is 0 Å². The Balaban J connectivity index is 1.29. The number of hydrogen-bond acceptors (Lipinski definition) is 3. The molecule has 5 rings (SSSR count). The second-order valence-corrected chi connectivity index (χ2v) is 7.81. The zero-order valence-electron chi connectivity index (χ0n) is 15.9. The molecule has 1 amide bonds. The van der Waals surface area contributed by atoms with Gasteiger partial charge in [0.2, 0.25) is 0 Å². The number of fused-ring (bicyclic) bond motifs is 2. The lowest BCUT2D eigenvalue weighted by molar-refractivity contribution is 0.0354. The van der Waals surface area contributed by atoms with Crippen LogP contribution in [0.5, 0.6) is 5.75 Å². The highest BCUT2D eigenvalue weighted by atomic mass is 19.1. The van der Waals surface area contributed by atoms with Crippen LogP contribution in [0.3, 0.4) is 0 Å². The Morgan fingerprint density at radius 3 is 2.55 bits per heavy atom. The molecule has 3 aromatic rings. The number of piperidine rings is 1. The highest BCUT2D eigenvalue weighted by Crippen LogP contribution is 2.38. The van der Waals surface area contributed by atoms with Gasteiger partial charge in [-0.2, -0.15) is 0 Å². The fourth-order valence-corrected chi connectivity index (χ4v) is 4.63. The van der Waals surface area contributed by atoms with E-state index >= 15 is 0 Å². The molecular weight excluding hydrogens is 369 g/mol.